The van der Waals surface area contributed by atoms with Crippen LogP contribution in [0, 0.1) is 11.2 Å². The summed E-state index contributed by atoms with van der Waals surface area (Å²) in [6.07, 6.45) is 4.19. The molecule has 1 heterocycles. The molecule has 1 aliphatic rings. The third-order valence-electron chi connectivity index (χ3n) is 4.70. The monoisotopic (exact) mass is 295 g/mol. The van der Waals surface area contributed by atoms with Crippen molar-refractivity contribution in [2.45, 2.75) is 32.6 Å². The van der Waals surface area contributed by atoms with E-state index in [9.17, 15) is 9.50 Å². The Bertz CT molecular complexity index is 407. The predicted molar refractivity (Wildman–Crippen MR) is 82.0 cm³/mol. The van der Waals surface area contributed by atoms with Crippen molar-refractivity contribution in [3.63, 3.8) is 0 Å². The van der Waals surface area contributed by atoms with Crippen molar-refractivity contribution < 1.29 is 14.2 Å². The third-order valence-corrected chi connectivity index (χ3v) is 4.70. The molecule has 21 heavy (non-hydrogen) atoms. The van der Waals surface area contributed by atoms with Gasteiger partial charge in [-0.15, -0.1) is 0 Å². The number of hydrogen-bond donors (Lipinski definition) is 1. The largest absolute Gasteiger partial charge is 0.494 e. The summed E-state index contributed by atoms with van der Waals surface area (Å²) in [5.74, 6) is 0.485. The summed E-state index contributed by atoms with van der Waals surface area (Å²) in [5.41, 5.74) is 0.154. The average molecular weight is 295 g/mol. The van der Waals surface area contributed by atoms with Crippen molar-refractivity contribution >= 4 is 0 Å². The quantitative estimate of drug-likeness (QED) is 0.785. The maximum Gasteiger partial charge on any atom is 0.123 e. The van der Waals surface area contributed by atoms with Crippen LogP contribution in [-0.2, 0) is 0 Å². The van der Waals surface area contributed by atoms with Gasteiger partial charge in [0.05, 0.1) is 6.61 Å². The highest BCUT2D eigenvalue weighted by molar-refractivity contribution is 5.21. The molecule has 4 heteroatoms. The van der Waals surface area contributed by atoms with Gasteiger partial charge in [-0.1, -0.05) is 6.92 Å². The normalized spacial score (nSPS) is 18.6. The van der Waals surface area contributed by atoms with Gasteiger partial charge in [0.2, 0.25) is 0 Å². The van der Waals surface area contributed by atoms with Gasteiger partial charge in [0, 0.05) is 13.2 Å². The molecule has 118 valence electrons. The summed E-state index contributed by atoms with van der Waals surface area (Å²) in [5, 5.41) is 9.52. The Hall–Kier alpha value is -1.13. The zero-order chi connectivity index (χ0) is 15.1. The van der Waals surface area contributed by atoms with E-state index in [4.69, 9.17) is 4.74 Å². The van der Waals surface area contributed by atoms with Crippen LogP contribution < -0.4 is 4.74 Å². The lowest BCUT2D eigenvalue weighted by Gasteiger charge is -2.40. The highest BCUT2D eigenvalue weighted by Crippen LogP contribution is 2.34. The minimum atomic E-state index is -0.237. The average Bonchev–Trinajstić information content (AvgIpc) is 2.54. The first kappa shape index (κ1) is 16.2. The molecule has 1 saturated heterocycles. The zero-order valence-electron chi connectivity index (χ0n) is 12.9. The highest BCUT2D eigenvalue weighted by Gasteiger charge is 2.31. The number of halogens is 1. The zero-order valence-corrected chi connectivity index (χ0v) is 12.9. The summed E-state index contributed by atoms with van der Waals surface area (Å²) < 4.78 is 18.4. The first-order valence-electron chi connectivity index (χ1n) is 7.89. The summed E-state index contributed by atoms with van der Waals surface area (Å²) >= 11 is 0. The fourth-order valence-electron chi connectivity index (χ4n) is 2.88. The number of aliphatic hydroxyl groups excluding tert-OH is 1. The summed E-state index contributed by atoms with van der Waals surface area (Å²) in [6, 6.07) is 6.15. The minimum Gasteiger partial charge on any atom is -0.494 e. The molecule has 2 rings (SSSR count). The number of likely N-dealkylation sites (tertiary alicyclic amines) is 1. The van der Waals surface area contributed by atoms with Gasteiger partial charge in [-0.05, 0) is 68.5 Å². The number of rotatable bonds is 7. The van der Waals surface area contributed by atoms with Crippen LogP contribution in [0.15, 0.2) is 24.3 Å². The van der Waals surface area contributed by atoms with Gasteiger partial charge in [-0.2, -0.15) is 0 Å². The Labute approximate surface area is 126 Å². The van der Waals surface area contributed by atoms with Crippen molar-refractivity contribution in [3.05, 3.63) is 30.1 Å². The molecule has 1 aromatic rings. The van der Waals surface area contributed by atoms with Crippen LogP contribution >= 0.6 is 0 Å². The number of benzene rings is 1. The van der Waals surface area contributed by atoms with E-state index in [1.165, 1.54) is 12.1 Å². The number of ether oxygens (including phenoxy) is 1. The SMILES string of the molecule is CCC1(CO)CCN(CCCOc2ccc(F)cc2)CC1. The standard InChI is InChI=1S/C17H26FNO2/c1-2-17(14-20)8-11-19(12-9-17)10-3-13-21-16-6-4-15(18)5-7-16/h4-7,20H,2-3,8-14H2,1H3. The van der Waals surface area contributed by atoms with E-state index < -0.39 is 0 Å². The van der Waals surface area contributed by atoms with Gasteiger partial charge in [-0.25, -0.2) is 4.39 Å². The van der Waals surface area contributed by atoms with Crippen molar-refractivity contribution in [3.8, 4) is 5.75 Å². The molecule has 0 spiro atoms. The van der Waals surface area contributed by atoms with E-state index in [2.05, 4.69) is 11.8 Å². The Morgan fingerprint density at radius 2 is 1.90 bits per heavy atom. The molecular weight excluding hydrogens is 269 g/mol. The topological polar surface area (TPSA) is 32.7 Å². The van der Waals surface area contributed by atoms with E-state index >= 15 is 0 Å². The molecule has 1 N–H and O–H groups in total. The van der Waals surface area contributed by atoms with Crippen molar-refractivity contribution in [1.82, 2.24) is 4.90 Å². The number of hydrogen-bond acceptors (Lipinski definition) is 3. The number of aliphatic hydroxyl groups is 1. The molecule has 0 atom stereocenters. The fraction of sp³-hybridized carbons (Fsp3) is 0.647. The molecule has 1 aliphatic heterocycles. The molecule has 1 aromatic carbocycles. The molecule has 3 nitrogen and oxygen atoms in total. The molecule has 0 unspecified atom stereocenters. The number of nitrogens with zero attached hydrogens (tertiary/aromatic N) is 1. The molecule has 0 radical (unpaired) electrons. The first-order valence-corrected chi connectivity index (χ1v) is 7.89. The van der Waals surface area contributed by atoms with Gasteiger partial charge in [0.1, 0.15) is 11.6 Å². The molecule has 0 bridgehead atoms. The maximum absolute atomic E-state index is 12.8. The molecule has 0 aliphatic carbocycles. The van der Waals surface area contributed by atoms with Crippen LogP contribution in [0.5, 0.6) is 5.75 Å². The fourth-order valence-corrected chi connectivity index (χ4v) is 2.88. The lowest BCUT2D eigenvalue weighted by Crippen LogP contribution is -2.42. The van der Waals surface area contributed by atoms with Crippen LogP contribution in [0.1, 0.15) is 32.6 Å². The third kappa shape index (κ3) is 4.68. The summed E-state index contributed by atoms with van der Waals surface area (Å²) in [7, 11) is 0. The molecule has 1 fully saturated rings. The van der Waals surface area contributed by atoms with E-state index in [0.717, 1.165) is 51.1 Å². The predicted octanol–water partition coefficient (Wildman–Crippen LogP) is 3.08. The molecule has 0 aromatic heterocycles. The van der Waals surface area contributed by atoms with Gasteiger partial charge >= 0.3 is 0 Å². The first-order chi connectivity index (χ1) is 10.2. The van der Waals surface area contributed by atoms with E-state index in [0.29, 0.717) is 13.2 Å². The van der Waals surface area contributed by atoms with Crippen LogP contribution in [0.4, 0.5) is 4.39 Å². The van der Waals surface area contributed by atoms with Gasteiger partial charge < -0.3 is 14.7 Å². The van der Waals surface area contributed by atoms with E-state index in [-0.39, 0.29) is 11.2 Å². The lowest BCUT2D eigenvalue weighted by molar-refractivity contribution is 0.0394. The molecule has 0 amide bonds. The van der Waals surface area contributed by atoms with Crippen molar-refractivity contribution in [2.24, 2.45) is 5.41 Å². The van der Waals surface area contributed by atoms with E-state index in [1.54, 1.807) is 12.1 Å². The Morgan fingerprint density at radius 1 is 1.24 bits per heavy atom. The van der Waals surface area contributed by atoms with Gasteiger partial charge in [-0.3, -0.25) is 0 Å². The van der Waals surface area contributed by atoms with Crippen molar-refractivity contribution in [1.29, 1.82) is 0 Å². The second-order valence-electron chi connectivity index (χ2n) is 6.01. The summed E-state index contributed by atoms with van der Waals surface area (Å²) in [4.78, 5) is 2.44. The van der Waals surface area contributed by atoms with Gasteiger partial charge in [0.25, 0.3) is 0 Å². The minimum absolute atomic E-state index is 0.154. The smallest absolute Gasteiger partial charge is 0.123 e. The van der Waals surface area contributed by atoms with Crippen LogP contribution in [0.2, 0.25) is 0 Å². The molecule has 0 saturated carbocycles. The van der Waals surface area contributed by atoms with E-state index in [1.807, 2.05) is 0 Å². The molecular formula is C17H26FNO2. The Balaban J connectivity index is 1.63. The van der Waals surface area contributed by atoms with Crippen LogP contribution in [0.3, 0.4) is 0 Å². The van der Waals surface area contributed by atoms with Crippen LogP contribution in [-0.4, -0.2) is 42.9 Å². The highest BCUT2D eigenvalue weighted by atomic mass is 19.1. The lowest BCUT2D eigenvalue weighted by atomic mass is 9.77. The summed E-state index contributed by atoms with van der Waals surface area (Å²) in [6.45, 7) is 6.27. The van der Waals surface area contributed by atoms with Crippen molar-refractivity contribution in [2.75, 3.05) is 32.8 Å². The Kier molecular flexibility index (Phi) is 6.00. The Morgan fingerprint density at radius 3 is 2.48 bits per heavy atom. The van der Waals surface area contributed by atoms with Crippen LogP contribution in [0.25, 0.3) is 0 Å². The maximum atomic E-state index is 12.8. The second-order valence-corrected chi connectivity index (χ2v) is 6.01. The van der Waals surface area contributed by atoms with Gasteiger partial charge in [0.15, 0.2) is 0 Å². The number of piperidine rings is 1. The second kappa shape index (κ2) is 7.76.